The van der Waals surface area contributed by atoms with Crippen LogP contribution in [0.15, 0.2) is 53.4 Å². The number of fused-ring (bicyclic) bond motifs is 1. The summed E-state index contributed by atoms with van der Waals surface area (Å²) in [4.78, 5) is 8.50. The number of hydrogen-bond acceptors (Lipinski definition) is 2. The first kappa shape index (κ1) is 10.5. The van der Waals surface area contributed by atoms with E-state index in [1.54, 1.807) is 6.20 Å². The Morgan fingerprint density at radius 1 is 1.12 bits per heavy atom. The minimum absolute atomic E-state index is 0.794. The van der Waals surface area contributed by atoms with Crippen LogP contribution in [-0.2, 0) is 6.54 Å². The predicted octanol–water partition coefficient (Wildman–Crippen LogP) is 3.24. The smallest absolute Gasteiger partial charge is 0.177 e. The van der Waals surface area contributed by atoms with Crippen LogP contribution in [0.1, 0.15) is 5.56 Å². The van der Waals surface area contributed by atoms with Crippen molar-refractivity contribution in [2.45, 2.75) is 6.54 Å². The van der Waals surface area contributed by atoms with Crippen molar-refractivity contribution in [3.05, 3.63) is 59.0 Å². The number of aromatic nitrogens is 3. The lowest BCUT2D eigenvalue weighted by molar-refractivity contribution is 0.824. The molecule has 4 heteroatoms. The van der Waals surface area contributed by atoms with Crippen LogP contribution in [-0.4, -0.2) is 14.5 Å². The lowest BCUT2D eigenvalue weighted by Gasteiger charge is -2.04. The Morgan fingerprint density at radius 3 is 2.94 bits per heavy atom. The molecule has 3 aromatic rings. The topological polar surface area (TPSA) is 30.7 Å². The summed E-state index contributed by atoms with van der Waals surface area (Å²) in [6.45, 7) is 0.807. The van der Waals surface area contributed by atoms with E-state index in [0.29, 0.717) is 0 Å². The van der Waals surface area contributed by atoms with Crippen molar-refractivity contribution in [1.82, 2.24) is 14.5 Å². The molecule has 2 aromatic heterocycles. The van der Waals surface area contributed by atoms with Gasteiger partial charge in [-0.15, -0.1) is 0 Å². The molecule has 0 saturated carbocycles. The summed E-state index contributed by atoms with van der Waals surface area (Å²) in [6, 6.07) is 12.2. The highest BCUT2D eigenvalue weighted by Gasteiger charge is 2.03. The normalized spacial score (nSPS) is 10.9. The number of pyridine rings is 1. The SMILES string of the molecule is Brc1cccc(Cn2cnc3ncccc32)c1. The lowest BCUT2D eigenvalue weighted by Crippen LogP contribution is -1.97. The largest absolute Gasteiger partial charge is 0.325 e. The van der Waals surface area contributed by atoms with E-state index in [0.717, 1.165) is 22.2 Å². The Bertz CT molecular complexity index is 660. The van der Waals surface area contributed by atoms with Gasteiger partial charge in [-0.05, 0) is 29.8 Å². The quantitative estimate of drug-likeness (QED) is 0.724. The number of hydrogen-bond donors (Lipinski definition) is 0. The fourth-order valence-electron chi connectivity index (χ4n) is 1.86. The minimum atomic E-state index is 0.794. The van der Waals surface area contributed by atoms with Gasteiger partial charge in [0.2, 0.25) is 0 Å². The van der Waals surface area contributed by atoms with Crippen LogP contribution >= 0.6 is 15.9 Å². The van der Waals surface area contributed by atoms with Crippen LogP contribution < -0.4 is 0 Å². The van der Waals surface area contributed by atoms with E-state index in [9.17, 15) is 0 Å². The molecule has 0 atom stereocenters. The first-order valence-corrected chi connectivity index (χ1v) is 6.12. The zero-order valence-electron chi connectivity index (χ0n) is 9.05. The summed E-state index contributed by atoms with van der Waals surface area (Å²) in [5.74, 6) is 0. The molecule has 0 unspecified atom stereocenters. The minimum Gasteiger partial charge on any atom is -0.325 e. The fraction of sp³-hybridized carbons (Fsp3) is 0.0769. The number of halogens is 1. The van der Waals surface area contributed by atoms with Crippen LogP contribution in [0.5, 0.6) is 0 Å². The summed E-state index contributed by atoms with van der Waals surface area (Å²) < 4.78 is 3.20. The van der Waals surface area contributed by atoms with Gasteiger partial charge in [0, 0.05) is 17.2 Å². The first-order chi connectivity index (χ1) is 8.33. The van der Waals surface area contributed by atoms with Crippen LogP contribution in [0.3, 0.4) is 0 Å². The van der Waals surface area contributed by atoms with Gasteiger partial charge >= 0.3 is 0 Å². The van der Waals surface area contributed by atoms with Crippen molar-refractivity contribution < 1.29 is 0 Å². The molecule has 0 saturated heterocycles. The average molecular weight is 288 g/mol. The number of imidazole rings is 1. The van der Waals surface area contributed by atoms with Gasteiger partial charge in [-0.3, -0.25) is 0 Å². The fourth-order valence-corrected chi connectivity index (χ4v) is 2.30. The van der Waals surface area contributed by atoms with E-state index in [-0.39, 0.29) is 0 Å². The Hall–Kier alpha value is -1.68. The number of nitrogens with zero attached hydrogens (tertiary/aromatic N) is 3. The van der Waals surface area contributed by atoms with Crippen LogP contribution in [0.2, 0.25) is 0 Å². The molecule has 0 aliphatic carbocycles. The molecule has 0 spiro atoms. The standard InChI is InChI=1S/C13H10BrN3/c14-11-4-1-3-10(7-11)8-17-9-16-13-12(17)5-2-6-15-13/h1-7,9H,8H2. The molecule has 17 heavy (non-hydrogen) atoms. The highest BCUT2D eigenvalue weighted by Crippen LogP contribution is 2.15. The summed E-state index contributed by atoms with van der Waals surface area (Å²) in [5.41, 5.74) is 3.09. The highest BCUT2D eigenvalue weighted by molar-refractivity contribution is 9.10. The van der Waals surface area contributed by atoms with E-state index >= 15 is 0 Å². The van der Waals surface area contributed by atoms with E-state index in [4.69, 9.17) is 0 Å². The third kappa shape index (κ3) is 2.08. The zero-order valence-corrected chi connectivity index (χ0v) is 10.6. The second-order valence-electron chi connectivity index (χ2n) is 3.85. The molecule has 0 amide bonds. The molecule has 84 valence electrons. The van der Waals surface area contributed by atoms with Gasteiger partial charge in [0.15, 0.2) is 5.65 Å². The predicted molar refractivity (Wildman–Crippen MR) is 70.8 cm³/mol. The van der Waals surface area contributed by atoms with Crippen LogP contribution in [0.4, 0.5) is 0 Å². The third-order valence-electron chi connectivity index (χ3n) is 2.64. The molecular formula is C13H10BrN3. The van der Waals surface area contributed by atoms with Gasteiger partial charge in [-0.2, -0.15) is 0 Å². The monoisotopic (exact) mass is 287 g/mol. The molecule has 0 N–H and O–H groups in total. The maximum atomic E-state index is 4.28. The molecule has 3 nitrogen and oxygen atoms in total. The lowest BCUT2D eigenvalue weighted by atomic mass is 10.2. The number of benzene rings is 1. The van der Waals surface area contributed by atoms with Crippen molar-refractivity contribution in [2.75, 3.05) is 0 Å². The van der Waals surface area contributed by atoms with Gasteiger partial charge in [0.05, 0.1) is 11.8 Å². The third-order valence-corrected chi connectivity index (χ3v) is 3.13. The Labute approximate surface area is 107 Å². The molecule has 3 rings (SSSR count). The molecule has 0 aliphatic heterocycles. The maximum Gasteiger partial charge on any atom is 0.177 e. The summed E-state index contributed by atoms with van der Waals surface area (Å²) >= 11 is 3.48. The average Bonchev–Trinajstić information content (AvgIpc) is 2.73. The van der Waals surface area contributed by atoms with Crippen molar-refractivity contribution in [3.8, 4) is 0 Å². The summed E-state index contributed by atoms with van der Waals surface area (Å²) in [5, 5.41) is 0. The van der Waals surface area contributed by atoms with Gasteiger partial charge in [-0.1, -0.05) is 28.1 Å². The van der Waals surface area contributed by atoms with Crippen LogP contribution in [0, 0.1) is 0 Å². The van der Waals surface area contributed by atoms with E-state index in [2.05, 4.69) is 42.6 Å². The van der Waals surface area contributed by atoms with Gasteiger partial charge < -0.3 is 4.57 Å². The molecule has 0 radical (unpaired) electrons. The molecule has 0 aliphatic rings. The van der Waals surface area contributed by atoms with Gasteiger partial charge in [-0.25, -0.2) is 9.97 Å². The van der Waals surface area contributed by atoms with Crippen molar-refractivity contribution in [1.29, 1.82) is 0 Å². The molecule has 2 heterocycles. The number of rotatable bonds is 2. The molecule has 0 bridgehead atoms. The Morgan fingerprint density at radius 2 is 2.06 bits per heavy atom. The highest BCUT2D eigenvalue weighted by atomic mass is 79.9. The van der Waals surface area contributed by atoms with Crippen molar-refractivity contribution in [2.24, 2.45) is 0 Å². The second kappa shape index (κ2) is 4.30. The summed E-state index contributed by atoms with van der Waals surface area (Å²) in [6.07, 6.45) is 3.59. The van der Waals surface area contributed by atoms with Crippen molar-refractivity contribution in [3.63, 3.8) is 0 Å². The molecule has 1 aromatic carbocycles. The second-order valence-corrected chi connectivity index (χ2v) is 4.76. The van der Waals surface area contributed by atoms with Gasteiger partial charge in [0.1, 0.15) is 0 Å². The van der Waals surface area contributed by atoms with E-state index in [1.165, 1.54) is 5.56 Å². The van der Waals surface area contributed by atoms with E-state index < -0.39 is 0 Å². The molecule has 0 fully saturated rings. The van der Waals surface area contributed by atoms with Gasteiger partial charge in [0.25, 0.3) is 0 Å². The Balaban J connectivity index is 2.00. The first-order valence-electron chi connectivity index (χ1n) is 5.33. The Kier molecular flexibility index (Phi) is 2.65. The molecular weight excluding hydrogens is 278 g/mol. The van der Waals surface area contributed by atoms with Crippen LogP contribution in [0.25, 0.3) is 11.2 Å². The summed E-state index contributed by atoms with van der Waals surface area (Å²) in [7, 11) is 0. The maximum absolute atomic E-state index is 4.28. The zero-order chi connectivity index (χ0) is 11.7. The van der Waals surface area contributed by atoms with Crippen molar-refractivity contribution >= 4 is 27.1 Å². The van der Waals surface area contributed by atoms with E-state index in [1.807, 2.05) is 30.6 Å².